The first-order chi connectivity index (χ1) is 21.8. The summed E-state index contributed by atoms with van der Waals surface area (Å²) in [5.41, 5.74) is 10.6. The largest absolute Gasteiger partial charge is 0.472 e. The van der Waals surface area contributed by atoms with Gasteiger partial charge in [0.15, 0.2) is 22.6 Å². The Kier molecular flexibility index (Phi) is 6.98. The second-order valence-corrected chi connectivity index (χ2v) is 17.1. The fraction of sp³-hybridized carbons (Fsp3) is 0.545. The number of aromatic nitrogens is 8. The lowest BCUT2D eigenvalue weighted by Crippen LogP contribution is -2.38. The van der Waals surface area contributed by atoms with Crippen LogP contribution in [0.5, 0.6) is 0 Å². The van der Waals surface area contributed by atoms with Crippen LogP contribution in [0.4, 0.5) is 11.8 Å². The van der Waals surface area contributed by atoms with E-state index in [1.54, 1.807) is 4.57 Å². The van der Waals surface area contributed by atoms with Gasteiger partial charge in [-0.3, -0.25) is 23.4 Å². The molecule has 2 unspecified atom stereocenters. The molecule has 2 saturated carbocycles. The maximum absolute atomic E-state index is 13.5. The van der Waals surface area contributed by atoms with Crippen LogP contribution in [0.2, 0.25) is 0 Å². The van der Waals surface area contributed by atoms with Crippen molar-refractivity contribution in [1.82, 2.24) is 39.0 Å². The number of H-pyrrole nitrogens is 1. The van der Waals surface area contributed by atoms with Crippen LogP contribution in [-0.4, -0.2) is 102 Å². The van der Waals surface area contributed by atoms with E-state index in [-0.39, 0.29) is 29.5 Å². The number of aliphatic hydroxyl groups is 2. The molecule has 4 aromatic rings. The van der Waals surface area contributed by atoms with Gasteiger partial charge in [0.2, 0.25) is 5.95 Å². The fourth-order valence-electron chi connectivity index (χ4n) is 6.81. The Morgan fingerprint density at radius 2 is 1.80 bits per heavy atom. The van der Waals surface area contributed by atoms with Crippen LogP contribution in [0.15, 0.2) is 23.8 Å². The van der Waals surface area contributed by atoms with Gasteiger partial charge >= 0.3 is 14.5 Å². The highest BCUT2D eigenvalue weighted by atomic mass is 32.5. The SMILES string of the molecule is Nc1nc2c(ncn2[C@@H]2S[C@@H]3COP(O)(=S)O[C@H]4[C@@H](O)[C@H](n5cnc6c(N)ncnc65)[C@H]5C[C@]54COP(=O)(O)O[C@@H]2[C@@H]3O)c(=O)[nH]1. The Balaban J connectivity index is 1.14. The zero-order valence-corrected chi connectivity index (χ0v) is 26.6. The van der Waals surface area contributed by atoms with Crippen molar-refractivity contribution in [3.05, 3.63) is 29.3 Å². The van der Waals surface area contributed by atoms with E-state index in [2.05, 4.69) is 29.9 Å². The number of phosphoric acid groups is 1. The molecule has 2 aliphatic heterocycles. The Morgan fingerprint density at radius 3 is 2.61 bits per heavy atom. The number of hydrogen-bond acceptors (Lipinski definition) is 17. The quantitative estimate of drug-likeness (QED) is 0.124. The van der Waals surface area contributed by atoms with Gasteiger partial charge in [0.1, 0.15) is 35.5 Å². The molecule has 0 amide bonds. The average molecular weight is 717 g/mol. The van der Waals surface area contributed by atoms with E-state index in [1.807, 2.05) is 0 Å². The predicted octanol–water partition coefficient (Wildman–Crippen LogP) is -0.845. The third-order valence-electron chi connectivity index (χ3n) is 8.96. The Bertz CT molecular complexity index is 2050. The summed E-state index contributed by atoms with van der Waals surface area (Å²) >= 11 is 6.38. The molecule has 4 fully saturated rings. The fourth-order valence-corrected chi connectivity index (χ4v) is 11.0. The molecule has 20 nitrogen and oxygen atoms in total. The molecule has 0 radical (unpaired) electrons. The second kappa shape index (κ2) is 10.5. The third-order valence-corrected chi connectivity index (χ3v) is 13.0. The molecule has 6 heterocycles. The molecule has 4 aliphatic rings. The highest BCUT2D eigenvalue weighted by molar-refractivity contribution is 8.07. The van der Waals surface area contributed by atoms with E-state index in [0.29, 0.717) is 17.6 Å². The molecule has 46 heavy (non-hydrogen) atoms. The van der Waals surface area contributed by atoms with Crippen LogP contribution in [-0.2, 0) is 34.5 Å². The highest BCUT2D eigenvalue weighted by Gasteiger charge is 2.74. The summed E-state index contributed by atoms with van der Waals surface area (Å²) in [6.45, 7) is -4.93. The van der Waals surface area contributed by atoms with E-state index in [9.17, 15) is 29.4 Å². The van der Waals surface area contributed by atoms with Crippen molar-refractivity contribution in [2.24, 2.45) is 11.3 Å². The van der Waals surface area contributed by atoms with E-state index in [0.717, 1.165) is 11.8 Å². The molecule has 1 spiro atoms. The summed E-state index contributed by atoms with van der Waals surface area (Å²) in [5.74, 6) is -0.455. The number of nitrogens with one attached hydrogen (secondary N) is 1. The highest BCUT2D eigenvalue weighted by Crippen LogP contribution is 2.72. The lowest BCUT2D eigenvalue weighted by Gasteiger charge is -2.31. The molecule has 11 atom stereocenters. The summed E-state index contributed by atoms with van der Waals surface area (Å²) < 4.78 is 39.3. The van der Waals surface area contributed by atoms with Gasteiger partial charge in [-0.1, -0.05) is 0 Å². The molecule has 9 N–H and O–H groups in total. The van der Waals surface area contributed by atoms with Crippen molar-refractivity contribution >= 4 is 72.2 Å². The van der Waals surface area contributed by atoms with Gasteiger partial charge in [-0.15, -0.1) is 11.8 Å². The maximum atomic E-state index is 13.5. The second-order valence-electron chi connectivity index (χ2n) is 11.5. The number of nitrogens with two attached hydrogens (primary N) is 2. The number of aliphatic hydroxyl groups excluding tert-OH is 2. The van der Waals surface area contributed by atoms with Crippen molar-refractivity contribution in [3.63, 3.8) is 0 Å². The summed E-state index contributed by atoms with van der Waals surface area (Å²) in [6, 6.07) is -0.717. The number of rotatable bonds is 2. The molecule has 8 rings (SSSR count). The summed E-state index contributed by atoms with van der Waals surface area (Å²) in [5, 5.41) is 20.9. The minimum Gasteiger partial charge on any atom is -0.389 e. The van der Waals surface area contributed by atoms with Gasteiger partial charge in [-0.05, 0) is 24.1 Å². The number of imidazole rings is 2. The standard InChI is InChI=1S/C22H26N10O10P2S2/c23-16-9-17(26-4-25-16)31(5-27-9)11-7-1-22(7)3-40-43(36,37)41-14-12(33)8(2-39-44(38,45)42-15(22)13(11)34)46-20(14)32-6-28-10-18(32)29-21(24)30-19(10)35/h4-8,11-15,20,33-34H,1-3H2,(H,36,37)(H,38,45)(H2,23,25,26)(H3,24,29,30,35)/t7-,8-,11-,12-,13+,14-,15+,20-,22+,44?/m1/s1. The van der Waals surface area contributed by atoms with E-state index < -0.39 is 79.1 Å². The minimum atomic E-state index is -4.93. The number of nitrogens with zero attached hydrogens (tertiary/aromatic N) is 7. The topological polar surface area (TPSA) is 294 Å². The summed E-state index contributed by atoms with van der Waals surface area (Å²) in [6.07, 6.45) is -1.06. The van der Waals surface area contributed by atoms with E-state index in [1.165, 1.54) is 23.5 Å². The normalized spacial score (nSPS) is 41.0. The van der Waals surface area contributed by atoms with Crippen LogP contribution in [0.1, 0.15) is 17.8 Å². The number of nitrogen functional groups attached to an aromatic ring is 2. The zero-order chi connectivity index (χ0) is 32.3. The average Bonchev–Trinajstić information content (AvgIpc) is 3.26. The first-order valence-electron chi connectivity index (χ1n) is 13.8. The molecule has 2 bridgehead atoms. The van der Waals surface area contributed by atoms with E-state index >= 15 is 0 Å². The number of thioether (sulfide) groups is 1. The van der Waals surface area contributed by atoms with Crippen molar-refractivity contribution < 1.29 is 42.7 Å². The maximum Gasteiger partial charge on any atom is 0.472 e. The predicted molar refractivity (Wildman–Crippen MR) is 162 cm³/mol. The van der Waals surface area contributed by atoms with Crippen LogP contribution >= 0.6 is 26.3 Å². The van der Waals surface area contributed by atoms with Crippen LogP contribution in [0, 0.1) is 11.3 Å². The van der Waals surface area contributed by atoms with Crippen LogP contribution in [0.3, 0.4) is 0 Å². The molecule has 24 heteroatoms. The van der Waals surface area contributed by atoms with Crippen molar-refractivity contribution in [1.29, 1.82) is 0 Å². The van der Waals surface area contributed by atoms with Gasteiger partial charge in [-0.25, -0.2) is 24.5 Å². The van der Waals surface area contributed by atoms with Gasteiger partial charge < -0.3 is 45.1 Å². The minimum absolute atomic E-state index is 0.0409. The van der Waals surface area contributed by atoms with Crippen molar-refractivity contribution in [2.75, 3.05) is 24.7 Å². The number of phosphoric ester groups is 1. The third kappa shape index (κ3) is 4.74. The molecular formula is C22H26N10O10P2S2. The Hall–Kier alpha value is -2.59. The number of aromatic amines is 1. The van der Waals surface area contributed by atoms with Gasteiger partial charge in [0.05, 0.1) is 43.3 Å². The lowest BCUT2D eigenvalue weighted by molar-refractivity contribution is -0.0259. The molecule has 2 saturated heterocycles. The first-order valence-corrected chi connectivity index (χ1v) is 18.8. The lowest BCUT2D eigenvalue weighted by atomic mass is 10.0. The van der Waals surface area contributed by atoms with E-state index in [4.69, 9.17) is 41.4 Å². The Morgan fingerprint density at radius 1 is 1.04 bits per heavy atom. The molecule has 0 aromatic carbocycles. The van der Waals surface area contributed by atoms with Gasteiger partial charge in [0.25, 0.3) is 5.56 Å². The van der Waals surface area contributed by atoms with Gasteiger partial charge in [0, 0.05) is 5.41 Å². The monoisotopic (exact) mass is 716 g/mol. The first kappa shape index (κ1) is 30.7. The molecule has 246 valence electrons. The zero-order valence-electron chi connectivity index (χ0n) is 23.2. The van der Waals surface area contributed by atoms with Crippen molar-refractivity contribution in [3.8, 4) is 0 Å². The number of hydrogen-bond donors (Lipinski definition) is 7. The van der Waals surface area contributed by atoms with Crippen LogP contribution < -0.4 is 17.0 Å². The summed E-state index contributed by atoms with van der Waals surface area (Å²) in [4.78, 5) is 57.6. The van der Waals surface area contributed by atoms with Crippen molar-refractivity contribution in [2.45, 2.75) is 47.5 Å². The summed E-state index contributed by atoms with van der Waals surface area (Å²) in [7, 11) is -4.93. The molecule has 4 aromatic heterocycles. The Labute approximate surface area is 266 Å². The number of fused-ring (bicyclic) bond motifs is 4. The molecular weight excluding hydrogens is 690 g/mol. The van der Waals surface area contributed by atoms with Gasteiger partial charge in [-0.2, -0.15) is 4.98 Å². The smallest absolute Gasteiger partial charge is 0.389 e. The molecule has 2 aliphatic carbocycles. The number of anilines is 2. The van der Waals surface area contributed by atoms with Crippen LogP contribution in [0.25, 0.3) is 22.3 Å².